The highest BCUT2D eigenvalue weighted by Crippen LogP contribution is 2.23. The molecule has 0 aromatic rings. The molecule has 0 saturated heterocycles. The largest absolute Gasteiger partial charge is 0.465 e. The van der Waals surface area contributed by atoms with Gasteiger partial charge in [-0.1, -0.05) is 12.8 Å². The third-order valence-corrected chi connectivity index (χ3v) is 4.43. The Bertz CT molecular complexity index is 357. The van der Waals surface area contributed by atoms with Crippen molar-refractivity contribution in [3.05, 3.63) is 0 Å². The average molecular weight is 284 g/mol. The lowest BCUT2D eigenvalue weighted by Gasteiger charge is -2.27. The molecule has 0 aromatic carbocycles. The fourth-order valence-electron chi connectivity index (χ4n) is 1.85. The lowest BCUT2D eigenvalue weighted by Crippen LogP contribution is -2.44. The Kier molecular flexibility index (Phi) is 5.69. The average Bonchev–Trinajstić information content (AvgIpc) is 2.20. The maximum Gasteiger partial charge on any atom is 0.322 e. The van der Waals surface area contributed by atoms with E-state index in [1.165, 1.54) is 0 Å². The third kappa shape index (κ3) is 5.23. The smallest absolute Gasteiger partial charge is 0.322 e. The van der Waals surface area contributed by atoms with Crippen LogP contribution in [0.1, 0.15) is 32.6 Å². The molecule has 1 aliphatic carbocycles. The van der Waals surface area contributed by atoms with Crippen molar-refractivity contribution in [2.24, 2.45) is 0 Å². The van der Waals surface area contributed by atoms with Crippen LogP contribution in [0.15, 0.2) is 0 Å². The van der Waals surface area contributed by atoms with Gasteiger partial charge in [0.1, 0.15) is 0 Å². The van der Waals surface area contributed by atoms with Crippen LogP contribution in [-0.4, -0.2) is 38.2 Å². The zero-order chi connectivity index (χ0) is 12.9. The summed E-state index contributed by atoms with van der Waals surface area (Å²) in [5.41, 5.74) is 0. The van der Waals surface area contributed by atoms with Crippen LogP contribution in [0, 0.1) is 0 Å². The van der Waals surface area contributed by atoms with Crippen molar-refractivity contribution >= 4 is 27.6 Å². The van der Waals surface area contributed by atoms with Gasteiger partial charge in [-0.3, -0.25) is 4.79 Å². The lowest BCUT2D eigenvalue weighted by atomic mass is 9.96. The van der Waals surface area contributed by atoms with Gasteiger partial charge in [0, 0.05) is 11.4 Å². The molecule has 100 valence electrons. The van der Waals surface area contributed by atoms with E-state index in [1.807, 2.05) is 0 Å². The number of halogens is 1. The van der Waals surface area contributed by atoms with Gasteiger partial charge in [-0.25, -0.2) is 13.1 Å². The van der Waals surface area contributed by atoms with Crippen molar-refractivity contribution in [2.45, 2.75) is 44.0 Å². The maximum absolute atomic E-state index is 11.7. The van der Waals surface area contributed by atoms with Crippen LogP contribution in [0.25, 0.3) is 0 Å². The molecule has 1 N–H and O–H groups in total. The summed E-state index contributed by atoms with van der Waals surface area (Å²) in [6.45, 7) is 1.81. The number of rotatable bonds is 5. The van der Waals surface area contributed by atoms with Crippen molar-refractivity contribution in [1.82, 2.24) is 4.72 Å². The SMILES string of the molecule is CCOC(=O)CS(=O)(=O)NC1CCCCC1Cl. The van der Waals surface area contributed by atoms with Crippen LogP contribution in [0.2, 0.25) is 0 Å². The van der Waals surface area contributed by atoms with Crippen molar-refractivity contribution in [1.29, 1.82) is 0 Å². The normalized spacial score (nSPS) is 25.5. The predicted octanol–water partition coefficient (Wildman–Crippen LogP) is 1.02. The second kappa shape index (κ2) is 6.56. The molecule has 0 aromatic heterocycles. The summed E-state index contributed by atoms with van der Waals surface area (Å²) < 4.78 is 30.4. The monoisotopic (exact) mass is 283 g/mol. The summed E-state index contributed by atoms with van der Waals surface area (Å²) in [5, 5.41) is -0.194. The highest BCUT2D eigenvalue weighted by Gasteiger charge is 2.28. The molecule has 0 bridgehead atoms. The molecule has 0 radical (unpaired) electrons. The van der Waals surface area contributed by atoms with E-state index in [0.717, 1.165) is 25.7 Å². The Labute approximate surface area is 107 Å². The van der Waals surface area contributed by atoms with Crippen LogP contribution in [-0.2, 0) is 19.6 Å². The molecule has 0 heterocycles. The van der Waals surface area contributed by atoms with Gasteiger partial charge in [0.05, 0.1) is 6.61 Å². The first-order valence-electron chi connectivity index (χ1n) is 5.74. The molecule has 1 saturated carbocycles. The quantitative estimate of drug-likeness (QED) is 0.604. The topological polar surface area (TPSA) is 72.5 Å². The molecule has 17 heavy (non-hydrogen) atoms. The summed E-state index contributed by atoms with van der Waals surface area (Å²) in [4.78, 5) is 11.1. The van der Waals surface area contributed by atoms with E-state index in [-0.39, 0.29) is 18.0 Å². The molecule has 1 aliphatic rings. The molecule has 1 rings (SSSR count). The Morgan fingerprint density at radius 2 is 2.06 bits per heavy atom. The second-order valence-corrected chi connectivity index (χ2v) is 6.40. The minimum absolute atomic E-state index is 0.177. The van der Waals surface area contributed by atoms with Crippen molar-refractivity contribution in [3.8, 4) is 0 Å². The van der Waals surface area contributed by atoms with Gasteiger partial charge in [-0.2, -0.15) is 0 Å². The highest BCUT2D eigenvalue weighted by atomic mass is 35.5. The molecule has 7 heteroatoms. The number of hydrogen-bond donors (Lipinski definition) is 1. The zero-order valence-corrected chi connectivity index (χ0v) is 11.4. The van der Waals surface area contributed by atoms with E-state index < -0.39 is 21.7 Å². The van der Waals surface area contributed by atoms with E-state index >= 15 is 0 Å². The highest BCUT2D eigenvalue weighted by molar-refractivity contribution is 7.90. The molecule has 0 spiro atoms. The summed E-state index contributed by atoms with van der Waals surface area (Å²) >= 11 is 6.04. The fraction of sp³-hybridized carbons (Fsp3) is 0.900. The number of sulfonamides is 1. The standard InChI is InChI=1S/C10H18ClNO4S/c1-2-16-10(13)7-17(14,15)12-9-6-4-3-5-8(9)11/h8-9,12H,2-7H2,1H3. The minimum atomic E-state index is -3.64. The Morgan fingerprint density at radius 1 is 1.41 bits per heavy atom. The first-order valence-corrected chi connectivity index (χ1v) is 7.83. The molecule has 0 aliphatic heterocycles. The second-order valence-electron chi connectivity index (χ2n) is 4.09. The zero-order valence-electron chi connectivity index (χ0n) is 9.82. The van der Waals surface area contributed by atoms with Crippen LogP contribution in [0.3, 0.4) is 0 Å². The van der Waals surface area contributed by atoms with Crippen LogP contribution < -0.4 is 4.72 Å². The van der Waals surface area contributed by atoms with Gasteiger partial charge in [0.2, 0.25) is 10.0 Å². The molecule has 2 atom stereocenters. The van der Waals surface area contributed by atoms with E-state index in [9.17, 15) is 13.2 Å². The number of nitrogens with one attached hydrogen (secondary N) is 1. The third-order valence-electron chi connectivity index (χ3n) is 2.63. The molecular formula is C10H18ClNO4S. The van der Waals surface area contributed by atoms with Crippen molar-refractivity contribution < 1.29 is 17.9 Å². The van der Waals surface area contributed by atoms with Gasteiger partial charge >= 0.3 is 5.97 Å². The number of carbonyl (C=O) groups excluding carboxylic acids is 1. The van der Waals surface area contributed by atoms with Gasteiger partial charge in [0.15, 0.2) is 5.75 Å². The predicted molar refractivity (Wildman–Crippen MR) is 65.5 cm³/mol. The summed E-state index contributed by atoms with van der Waals surface area (Å²) in [7, 11) is -3.64. The Hall–Kier alpha value is -0.330. The van der Waals surface area contributed by atoms with E-state index in [0.29, 0.717) is 0 Å². The number of carbonyl (C=O) groups is 1. The van der Waals surface area contributed by atoms with Gasteiger partial charge in [-0.15, -0.1) is 11.6 Å². The maximum atomic E-state index is 11.7. The lowest BCUT2D eigenvalue weighted by molar-refractivity contribution is -0.139. The van der Waals surface area contributed by atoms with Gasteiger partial charge < -0.3 is 4.74 Å². The first kappa shape index (κ1) is 14.7. The fourth-order valence-corrected chi connectivity index (χ4v) is 3.49. The molecule has 5 nitrogen and oxygen atoms in total. The number of hydrogen-bond acceptors (Lipinski definition) is 4. The minimum Gasteiger partial charge on any atom is -0.465 e. The van der Waals surface area contributed by atoms with Crippen molar-refractivity contribution in [2.75, 3.05) is 12.4 Å². The number of esters is 1. The summed E-state index contributed by atoms with van der Waals surface area (Å²) in [6.07, 6.45) is 3.49. The number of alkyl halides is 1. The van der Waals surface area contributed by atoms with Crippen molar-refractivity contribution in [3.63, 3.8) is 0 Å². The van der Waals surface area contributed by atoms with E-state index in [1.54, 1.807) is 6.92 Å². The van der Waals surface area contributed by atoms with Crippen LogP contribution in [0.5, 0.6) is 0 Å². The van der Waals surface area contributed by atoms with E-state index in [4.69, 9.17) is 11.6 Å². The molecule has 2 unspecified atom stereocenters. The summed E-state index contributed by atoms with van der Waals surface area (Å²) in [6, 6.07) is -0.273. The van der Waals surface area contributed by atoms with Gasteiger partial charge in [-0.05, 0) is 19.8 Å². The Balaban J connectivity index is 2.50. The number of ether oxygens (including phenoxy) is 1. The molecule has 1 fully saturated rings. The van der Waals surface area contributed by atoms with Gasteiger partial charge in [0.25, 0.3) is 0 Å². The summed E-state index contributed by atoms with van der Waals surface area (Å²) in [5.74, 6) is -1.37. The van der Waals surface area contributed by atoms with Crippen LogP contribution >= 0.6 is 11.6 Å². The van der Waals surface area contributed by atoms with E-state index in [2.05, 4.69) is 9.46 Å². The van der Waals surface area contributed by atoms with Crippen LogP contribution in [0.4, 0.5) is 0 Å². The molecular weight excluding hydrogens is 266 g/mol. The first-order chi connectivity index (χ1) is 7.94. The molecule has 0 amide bonds. The Morgan fingerprint density at radius 3 is 2.65 bits per heavy atom.